The number of benzene rings is 3. The Balaban J connectivity index is 1.57. The molecule has 5 rings (SSSR count). The van der Waals surface area contributed by atoms with Crippen LogP contribution in [0.25, 0.3) is 6.08 Å². The van der Waals surface area contributed by atoms with E-state index in [0.29, 0.717) is 43.4 Å². The molecule has 13 heteroatoms. The number of rotatable bonds is 11. The number of aromatic nitrogens is 1. The van der Waals surface area contributed by atoms with E-state index in [4.69, 9.17) is 18.9 Å². The van der Waals surface area contributed by atoms with Gasteiger partial charge >= 0.3 is 5.97 Å². The van der Waals surface area contributed by atoms with E-state index in [-0.39, 0.29) is 36.1 Å². The molecule has 1 aliphatic heterocycles. The lowest BCUT2D eigenvalue weighted by Crippen LogP contribution is -2.40. The Bertz CT molecular complexity index is 2050. The van der Waals surface area contributed by atoms with Gasteiger partial charge in [-0.15, -0.1) is 0 Å². The lowest BCUT2D eigenvalue weighted by atomic mass is 9.95. The number of carbonyl (C=O) groups is 1. The van der Waals surface area contributed by atoms with E-state index >= 15 is 0 Å². The van der Waals surface area contributed by atoms with E-state index in [0.717, 1.165) is 9.13 Å². The Labute approximate surface area is 288 Å². The minimum absolute atomic E-state index is 0.00208. The second kappa shape index (κ2) is 14.5. The minimum Gasteiger partial charge on any atom is -0.493 e. The number of methoxy groups -OCH3 is 1. The molecule has 11 nitrogen and oxygen atoms in total. The fourth-order valence-corrected chi connectivity index (χ4v) is 6.97. The number of thiazole rings is 1. The average Bonchev–Trinajstić information content (AvgIpc) is 3.33. The first-order chi connectivity index (χ1) is 22.5. The number of ether oxygens (including phenoxy) is 4. The Morgan fingerprint density at radius 3 is 2.53 bits per heavy atom. The molecule has 0 spiro atoms. The van der Waals surface area contributed by atoms with Crippen molar-refractivity contribution in [2.24, 2.45) is 4.99 Å². The first-order valence-corrected chi connectivity index (χ1v) is 16.6. The maximum absolute atomic E-state index is 14.2. The lowest BCUT2D eigenvalue weighted by Gasteiger charge is -2.26. The highest BCUT2D eigenvalue weighted by Crippen LogP contribution is 2.37. The first-order valence-electron chi connectivity index (χ1n) is 14.7. The van der Waals surface area contributed by atoms with Gasteiger partial charge in [-0.2, -0.15) is 0 Å². The summed E-state index contributed by atoms with van der Waals surface area (Å²) >= 11 is 3.36. The van der Waals surface area contributed by atoms with E-state index in [9.17, 15) is 19.7 Å². The van der Waals surface area contributed by atoms with Gasteiger partial charge in [-0.25, -0.2) is 9.79 Å². The monoisotopic (exact) mass is 769 g/mol. The highest BCUT2D eigenvalue weighted by molar-refractivity contribution is 14.1. The predicted molar refractivity (Wildman–Crippen MR) is 186 cm³/mol. The molecule has 0 amide bonds. The lowest BCUT2D eigenvalue weighted by molar-refractivity contribution is -0.384. The number of para-hydroxylation sites is 1. The zero-order valence-corrected chi connectivity index (χ0v) is 29.3. The Morgan fingerprint density at radius 2 is 1.87 bits per heavy atom. The summed E-state index contributed by atoms with van der Waals surface area (Å²) in [5.74, 6) is 0.968. The molecule has 1 atom stereocenters. The molecule has 47 heavy (non-hydrogen) atoms. The van der Waals surface area contributed by atoms with Gasteiger partial charge in [0.05, 0.1) is 44.1 Å². The molecule has 0 unspecified atom stereocenters. The molecule has 4 aromatic rings. The summed E-state index contributed by atoms with van der Waals surface area (Å²) in [6.45, 7) is 7.65. The van der Waals surface area contributed by atoms with Gasteiger partial charge < -0.3 is 18.9 Å². The van der Waals surface area contributed by atoms with Crippen molar-refractivity contribution in [1.29, 1.82) is 0 Å². The molecule has 1 aromatic heterocycles. The third-order valence-corrected chi connectivity index (χ3v) is 8.96. The Hall–Kier alpha value is -4.50. The van der Waals surface area contributed by atoms with Crippen molar-refractivity contribution >= 4 is 51.7 Å². The molecular weight excluding hydrogens is 737 g/mol. The third kappa shape index (κ3) is 7.25. The van der Waals surface area contributed by atoms with Crippen molar-refractivity contribution in [2.75, 3.05) is 13.7 Å². The van der Waals surface area contributed by atoms with Crippen molar-refractivity contribution in [2.45, 2.75) is 46.4 Å². The molecule has 0 saturated carbocycles. The molecule has 244 valence electrons. The van der Waals surface area contributed by atoms with Crippen LogP contribution in [0.15, 0.2) is 81.7 Å². The molecule has 1 aliphatic rings. The summed E-state index contributed by atoms with van der Waals surface area (Å²) in [4.78, 5) is 43.1. The van der Waals surface area contributed by atoms with Crippen LogP contribution in [0.2, 0.25) is 0 Å². The predicted octanol–water partition coefficient (Wildman–Crippen LogP) is 5.69. The van der Waals surface area contributed by atoms with Crippen LogP contribution in [-0.2, 0) is 16.1 Å². The highest BCUT2D eigenvalue weighted by atomic mass is 127. The van der Waals surface area contributed by atoms with Gasteiger partial charge in [-0.3, -0.25) is 19.5 Å². The number of esters is 1. The minimum atomic E-state index is -0.813. The molecule has 0 aliphatic carbocycles. The fraction of sp³-hybridized carbons (Fsp3) is 0.265. The summed E-state index contributed by atoms with van der Waals surface area (Å²) in [5, 5.41) is 11.0. The number of allylic oxidation sites excluding steroid dienone is 1. The summed E-state index contributed by atoms with van der Waals surface area (Å²) in [7, 11) is 1.53. The van der Waals surface area contributed by atoms with Gasteiger partial charge in [0.1, 0.15) is 18.4 Å². The van der Waals surface area contributed by atoms with E-state index in [1.54, 1.807) is 38.1 Å². The van der Waals surface area contributed by atoms with Gasteiger partial charge in [-0.05, 0) is 97.8 Å². The van der Waals surface area contributed by atoms with Crippen LogP contribution >= 0.6 is 33.9 Å². The normalized spacial score (nSPS) is 14.4. The molecule has 0 bridgehead atoms. The Morgan fingerprint density at radius 1 is 1.15 bits per heavy atom. The quantitative estimate of drug-likeness (QED) is 0.0824. The van der Waals surface area contributed by atoms with Crippen LogP contribution in [0.3, 0.4) is 0 Å². The van der Waals surface area contributed by atoms with E-state index in [1.807, 2.05) is 44.2 Å². The molecule has 0 radical (unpaired) electrons. The van der Waals surface area contributed by atoms with Gasteiger partial charge in [0.15, 0.2) is 16.3 Å². The van der Waals surface area contributed by atoms with E-state index < -0.39 is 16.9 Å². The highest BCUT2D eigenvalue weighted by Gasteiger charge is 2.35. The van der Waals surface area contributed by atoms with Gasteiger partial charge in [0.2, 0.25) is 0 Å². The summed E-state index contributed by atoms with van der Waals surface area (Å²) in [6.07, 6.45) is 1.62. The molecular formula is C34H32IN3O8S. The summed E-state index contributed by atoms with van der Waals surface area (Å²) in [5.41, 5.74) is 2.52. The van der Waals surface area contributed by atoms with E-state index in [1.165, 1.54) is 35.1 Å². The first kappa shape index (κ1) is 33.9. The number of carbonyl (C=O) groups excluding carboxylic acids is 1. The van der Waals surface area contributed by atoms with Crippen LogP contribution in [-0.4, -0.2) is 35.3 Å². The number of nitro benzene ring substituents is 1. The number of nitrogens with zero attached hydrogens (tertiary/aromatic N) is 3. The largest absolute Gasteiger partial charge is 0.493 e. The fourth-order valence-electron chi connectivity index (χ4n) is 5.14. The summed E-state index contributed by atoms with van der Waals surface area (Å²) < 4.78 is 25.9. The maximum Gasteiger partial charge on any atom is 0.338 e. The average molecular weight is 770 g/mol. The smallest absolute Gasteiger partial charge is 0.338 e. The van der Waals surface area contributed by atoms with Gasteiger partial charge in [-0.1, -0.05) is 29.5 Å². The van der Waals surface area contributed by atoms with Crippen molar-refractivity contribution in [3.63, 3.8) is 0 Å². The van der Waals surface area contributed by atoms with Crippen molar-refractivity contribution in [3.8, 4) is 17.2 Å². The number of non-ortho nitro benzene ring substituents is 1. The van der Waals surface area contributed by atoms with Crippen molar-refractivity contribution in [1.82, 2.24) is 4.57 Å². The molecule has 2 heterocycles. The SMILES string of the molecule is CCOC(=O)C1=C(C)N=c2s/c(=C/c3cc(I)c(OCc4ccc([N+](=O)[O-])cc4)c(OC)c3)c(=O)n2[C@H]1c1ccccc1OC(C)C. The molecule has 0 fully saturated rings. The molecule has 3 aromatic carbocycles. The number of hydrogen-bond acceptors (Lipinski definition) is 10. The van der Waals surface area contributed by atoms with Crippen LogP contribution in [0.4, 0.5) is 5.69 Å². The van der Waals surface area contributed by atoms with Crippen molar-refractivity contribution < 1.29 is 28.7 Å². The zero-order valence-electron chi connectivity index (χ0n) is 26.3. The second-order valence-corrected chi connectivity index (χ2v) is 12.9. The van der Waals surface area contributed by atoms with Crippen molar-refractivity contribution in [3.05, 3.63) is 122 Å². The van der Waals surface area contributed by atoms with E-state index in [2.05, 4.69) is 27.6 Å². The number of halogens is 1. The number of nitro groups is 1. The van der Waals surface area contributed by atoms with Crippen LogP contribution in [0, 0.1) is 13.7 Å². The van der Waals surface area contributed by atoms with Crippen LogP contribution < -0.4 is 29.1 Å². The number of hydrogen-bond donors (Lipinski definition) is 0. The van der Waals surface area contributed by atoms with Gasteiger partial charge in [0.25, 0.3) is 11.2 Å². The third-order valence-electron chi connectivity index (χ3n) is 7.17. The Kier molecular flexibility index (Phi) is 10.4. The standard InChI is InChI=1S/C34H32IN3O8S/c1-6-44-33(40)29-20(4)36-34-37(30(29)24-9-7-8-10-26(24)46-19(2)3)32(39)28(47-34)17-22-15-25(35)31(27(16-22)43-5)45-18-21-11-13-23(14-12-21)38(41)42/h7-17,19,30H,6,18H2,1-5H3/b28-17+/t30-/m0/s1. The second-order valence-electron chi connectivity index (χ2n) is 10.8. The zero-order chi connectivity index (χ0) is 33.8. The van der Waals surface area contributed by atoms with Gasteiger partial charge in [0, 0.05) is 17.7 Å². The van der Waals surface area contributed by atoms with Crippen LogP contribution in [0.5, 0.6) is 17.2 Å². The maximum atomic E-state index is 14.2. The molecule has 0 saturated heterocycles. The van der Waals surface area contributed by atoms with Crippen LogP contribution in [0.1, 0.15) is 50.4 Å². The summed E-state index contributed by atoms with van der Waals surface area (Å²) in [6, 6.07) is 16.3. The topological polar surface area (TPSA) is 131 Å². The molecule has 0 N–H and O–H groups in total. The number of fused-ring (bicyclic) bond motifs is 1.